The highest BCUT2D eigenvalue weighted by atomic mass is 19.1. The van der Waals surface area contributed by atoms with E-state index in [1.165, 1.54) is 12.1 Å². The zero-order chi connectivity index (χ0) is 19.0. The van der Waals surface area contributed by atoms with E-state index in [2.05, 4.69) is 15.6 Å². The van der Waals surface area contributed by atoms with Gasteiger partial charge in [-0.1, -0.05) is 0 Å². The van der Waals surface area contributed by atoms with Crippen LogP contribution in [0.3, 0.4) is 0 Å². The molecule has 3 aliphatic rings. The number of halogens is 2. The molecule has 0 bridgehead atoms. The van der Waals surface area contributed by atoms with Gasteiger partial charge in [0.2, 0.25) is 11.8 Å². The van der Waals surface area contributed by atoms with Crippen molar-refractivity contribution in [3.8, 4) is 0 Å². The highest BCUT2D eigenvalue weighted by molar-refractivity contribution is 5.90. The second-order valence-corrected chi connectivity index (χ2v) is 7.91. The molecular weight excluding hydrogens is 354 g/mol. The van der Waals surface area contributed by atoms with Crippen molar-refractivity contribution < 1.29 is 18.4 Å². The number of aromatic nitrogens is 1. The zero-order valence-corrected chi connectivity index (χ0v) is 15.1. The summed E-state index contributed by atoms with van der Waals surface area (Å²) in [7, 11) is 0. The fraction of sp³-hybridized carbons (Fsp3) is 0.632. The van der Waals surface area contributed by atoms with Crippen LogP contribution in [0, 0.1) is 11.7 Å². The lowest BCUT2D eigenvalue weighted by atomic mass is 9.80. The number of alkyl halides is 1. The molecule has 2 heterocycles. The molecule has 2 saturated carbocycles. The van der Waals surface area contributed by atoms with Crippen molar-refractivity contribution in [2.75, 3.05) is 18.4 Å². The molecule has 0 atom stereocenters. The summed E-state index contributed by atoms with van der Waals surface area (Å²) in [4.78, 5) is 31.2. The predicted molar refractivity (Wildman–Crippen MR) is 95.1 cm³/mol. The molecule has 2 amide bonds. The lowest BCUT2D eigenvalue weighted by molar-refractivity contribution is -0.143. The van der Waals surface area contributed by atoms with E-state index in [9.17, 15) is 18.4 Å². The van der Waals surface area contributed by atoms with Crippen molar-refractivity contribution in [2.24, 2.45) is 5.92 Å². The van der Waals surface area contributed by atoms with E-state index in [1.807, 2.05) is 0 Å². The summed E-state index contributed by atoms with van der Waals surface area (Å²) in [6.45, 7) is 0.858. The first-order valence-electron chi connectivity index (χ1n) is 9.59. The highest BCUT2D eigenvalue weighted by Crippen LogP contribution is 2.34. The summed E-state index contributed by atoms with van der Waals surface area (Å²) in [6.07, 6.45) is 3.68. The number of nitrogens with zero attached hydrogens (tertiary/aromatic N) is 2. The number of likely N-dealkylation sites (tertiary alicyclic amines) is 1. The van der Waals surface area contributed by atoms with Gasteiger partial charge in [-0.25, -0.2) is 13.8 Å². The summed E-state index contributed by atoms with van der Waals surface area (Å²) in [6, 6.07) is 3.02. The van der Waals surface area contributed by atoms with Crippen molar-refractivity contribution in [1.82, 2.24) is 15.2 Å². The molecule has 4 rings (SSSR count). The molecule has 1 saturated heterocycles. The highest BCUT2D eigenvalue weighted by Gasteiger charge is 2.46. The zero-order valence-electron chi connectivity index (χ0n) is 15.1. The molecule has 2 aliphatic carbocycles. The standard InChI is InChI=1S/C19H24F2N4O2/c20-13-1-4-16(22-11-13)24-19(18(27)23-15-2-3-15)5-7-25(8-6-19)17(26)12-9-14(21)10-12/h1,4,11-12,14-15H,2-3,5-10H2,(H,22,24)(H,23,27). The van der Waals surface area contributed by atoms with E-state index in [-0.39, 0.29) is 23.8 Å². The maximum absolute atomic E-state index is 13.1. The molecule has 8 heteroatoms. The molecular formula is C19H24F2N4O2. The normalized spacial score (nSPS) is 26.8. The maximum Gasteiger partial charge on any atom is 0.246 e. The Labute approximate surface area is 156 Å². The van der Waals surface area contributed by atoms with E-state index < -0.39 is 17.5 Å². The van der Waals surface area contributed by atoms with Crippen LogP contribution >= 0.6 is 0 Å². The van der Waals surface area contributed by atoms with Gasteiger partial charge in [-0.2, -0.15) is 0 Å². The smallest absolute Gasteiger partial charge is 0.246 e. The number of anilines is 1. The van der Waals surface area contributed by atoms with Crippen LogP contribution in [0.1, 0.15) is 38.5 Å². The molecule has 27 heavy (non-hydrogen) atoms. The molecule has 0 spiro atoms. The Kier molecular flexibility index (Phi) is 4.74. The van der Waals surface area contributed by atoms with Crippen molar-refractivity contribution >= 4 is 17.6 Å². The van der Waals surface area contributed by atoms with E-state index in [0.29, 0.717) is 44.6 Å². The monoisotopic (exact) mass is 378 g/mol. The van der Waals surface area contributed by atoms with Crippen LogP contribution in [-0.4, -0.2) is 52.5 Å². The van der Waals surface area contributed by atoms with Crippen LogP contribution in [0.15, 0.2) is 18.3 Å². The number of nitrogens with one attached hydrogen (secondary N) is 2. The number of rotatable bonds is 5. The minimum absolute atomic E-state index is 0.0139. The second-order valence-electron chi connectivity index (χ2n) is 7.91. The molecule has 0 unspecified atom stereocenters. The van der Waals surface area contributed by atoms with Crippen molar-refractivity contribution in [3.05, 3.63) is 24.1 Å². The van der Waals surface area contributed by atoms with Crippen LogP contribution in [0.4, 0.5) is 14.6 Å². The number of carbonyl (C=O) groups excluding carboxylic acids is 2. The van der Waals surface area contributed by atoms with E-state index in [0.717, 1.165) is 19.0 Å². The van der Waals surface area contributed by atoms with Crippen LogP contribution in [0.2, 0.25) is 0 Å². The predicted octanol–water partition coefficient (Wildman–Crippen LogP) is 2.02. The average Bonchev–Trinajstić information content (AvgIpc) is 3.45. The number of piperidine rings is 1. The molecule has 1 aliphatic heterocycles. The molecule has 1 aromatic rings. The topological polar surface area (TPSA) is 74.3 Å². The largest absolute Gasteiger partial charge is 0.356 e. The van der Waals surface area contributed by atoms with Gasteiger partial charge in [0, 0.05) is 25.0 Å². The van der Waals surface area contributed by atoms with Gasteiger partial charge in [0.15, 0.2) is 0 Å². The fourth-order valence-electron chi connectivity index (χ4n) is 3.77. The second kappa shape index (κ2) is 7.05. The van der Waals surface area contributed by atoms with Gasteiger partial charge in [-0.05, 0) is 50.7 Å². The van der Waals surface area contributed by atoms with Crippen LogP contribution in [0.25, 0.3) is 0 Å². The van der Waals surface area contributed by atoms with E-state index >= 15 is 0 Å². The maximum atomic E-state index is 13.1. The van der Waals surface area contributed by atoms with Gasteiger partial charge < -0.3 is 15.5 Å². The van der Waals surface area contributed by atoms with Crippen molar-refractivity contribution in [1.29, 1.82) is 0 Å². The molecule has 2 N–H and O–H groups in total. The third kappa shape index (κ3) is 3.89. The summed E-state index contributed by atoms with van der Waals surface area (Å²) in [5.74, 6) is -0.347. The van der Waals surface area contributed by atoms with Crippen LogP contribution in [0.5, 0.6) is 0 Å². The quantitative estimate of drug-likeness (QED) is 0.822. The number of carbonyl (C=O) groups is 2. The van der Waals surface area contributed by atoms with Crippen LogP contribution in [-0.2, 0) is 9.59 Å². The molecule has 146 valence electrons. The summed E-state index contributed by atoms with van der Waals surface area (Å²) >= 11 is 0. The Morgan fingerprint density at radius 1 is 1.19 bits per heavy atom. The van der Waals surface area contributed by atoms with Gasteiger partial charge in [-0.3, -0.25) is 9.59 Å². The Balaban J connectivity index is 1.45. The minimum atomic E-state index is -0.883. The van der Waals surface area contributed by atoms with Crippen molar-refractivity contribution in [3.63, 3.8) is 0 Å². The lowest BCUT2D eigenvalue weighted by Crippen LogP contribution is -2.60. The number of amides is 2. The molecule has 6 nitrogen and oxygen atoms in total. The van der Waals surface area contributed by atoms with Gasteiger partial charge >= 0.3 is 0 Å². The Morgan fingerprint density at radius 3 is 2.44 bits per heavy atom. The summed E-state index contributed by atoms with van der Waals surface area (Å²) in [5.41, 5.74) is -0.883. The number of pyridine rings is 1. The van der Waals surface area contributed by atoms with Crippen LogP contribution < -0.4 is 10.6 Å². The van der Waals surface area contributed by atoms with Gasteiger partial charge in [0.1, 0.15) is 23.3 Å². The molecule has 3 fully saturated rings. The number of hydrogen-bond acceptors (Lipinski definition) is 4. The average molecular weight is 378 g/mol. The first-order chi connectivity index (χ1) is 12.9. The Morgan fingerprint density at radius 2 is 1.89 bits per heavy atom. The first kappa shape index (κ1) is 18.1. The summed E-state index contributed by atoms with van der Waals surface area (Å²) in [5, 5.41) is 6.23. The first-order valence-corrected chi connectivity index (χ1v) is 9.59. The minimum Gasteiger partial charge on any atom is -0.356 e. The lowest BCUT2D eigenvalue weighted by Gasteiger charge is -2.43. The van der Waals surface area contributed by atoms with Gasteiger partial charge in [-0.15, -0.1) is 0 Å². The van der Waals surface area contributed by atoms with E-state index in [1.54, 1.807) is 4.90 Å². The fourth-order valence-corrected chi connectivity index (χ4v) is 3.77. The van der Waals surface area contributed by atoms with E-state index in [4.69, 9.17) is 0 Å². The third-order valence-electron chi connectivity index (χ3n) is 5.80. The number of hydrogen-bond donors (Lipinski definition) is 2. The SMILES string of the molecule is O=C(C1CC(F)C1)N1CCC(Nc2ccc(F)cn2)(C(=O)NC2CC2)CC1. The van der Waals surface area contributed by atoms with Gasteiger partial charge in [0.05, 0.1) is 6.20 Å². The Bertz CT molecular complexity index is 709. The third-order valence-corrected chi connectivity index (χ3v) is 5.80. The molecule has 0 radical (unpaired) electrons. The van der Waals surface area contributed by atoms with Crippen molar-refractivity contribution in [2.45, 2.75) is 56.3 Å². The molecule has 0 aromatic carbocycles. The summed E-state index contributed by atoms with van der Waals surface area (Å²) < 4.78 is 26.2. The molecule has 1 aromatic heterocycles. The van der Waals surface area contributed by atoms with Gasteiger partial charge in [0.25, 0.3) is 0 Å². The Hall–Kier alpha value is -2.25.